The third-order valence-electron chi connectivity index (χ3n) is 2.60. The molecule has 0 radical (unpaired) electrons. The number of Topliss-reactive ketones (excluding diaryl/α,β-unsaturated/α-hetero) is 1. The van der Waals surface area contributed by atoms with Crippen LogP contribution in [0.15, 0.2) is 30.5 Å². The molecule has 2 aromatic rings. The second kappa shape index (κ2) is 5.96. The fourth-order valence-corrected chi connectivity index (χ4v) is 1.64. The molecule has 104 valence electrons. The van der Waals surface area contributed by atoms with Gasteiger partial charge in [0.15, 0.2) is 11.5 Å². The van der Waals surface area contributed by atoms with Crippen LogP contribution in [0, 0.1) is 0 Å². The number of hydrogen-bond acceptors (Lipinski definition) is 5. The van der Waals surface area contributed by atoms with Gasteiger partial charge in [-0.05, 0) is 19.1 Å². The highest BCUT2D eigenvalue weighted by molar-refractivity contribution is 5.96. The number of ketones is 1. The Bertz CT molecular complexity index is 636. The Balaban J connectivity index is 1.96. The molecule has 7 nitrogen and oxygen atoms in total. The molecule has 1 aromatic heterocycles. The van der Waals surface area contributed by atoms with Crippen molar-refractivity contribution < 1.29 is 19.4 Å². The summed E-state index contributed by atoms with van der Waals surface area (Å²) >= 11 is 0. The predicted molar refractivity (Wildman–Crippen MR) is 68.9 cm³/mol. The molecule has 0 spiro atoms. The summed E-state index contributed by atoms with van der Waals surface area (Å²) < 4.78 is 6.89. The van der Waals surface area contributed by atoms with E-state index < -0.39 is 5.97 Å². The van der Waals surface area contributed by atoms with Crippen molar-refractivity contribution >= 4 is 11.8 Å². The standard InChI is InChI=1S/C13H13N3O4/c1-9(17)10-4-2-3-5-12(10)20-7-6-16-8-11(13(18)19)14-15-16/h2-5,8H,6-7H2,1H3,(H,18,19). The lowest BCUT2D eigenvalue weighted by atomic mass is 10.1. The first-order valence-corrected chi connectivity index (χ1v) is 5.94. The summed E-state index contributed by atoms with van der Waals surface area (Å²) in [7, 11) is 0. The number of aromatic carboxylic acids is 1. The van der Waals surface area contributed by atoms with Crippen LogP contribution in [-0.4, -0.2) is 38.5 Å². The molecule has 0 bridgehead atoms. The van der Waals surface area contributed by atoms with Crippen LogP contribution < -0.4 is 4.74 Å². The smallest absolute Gasteiger partial charge is 0.358 e. The van der Waals surface area contributed by atoms with Gasteiger partial charge in [0.2, 0.25) is 0 Å². The van der Waals surface area contributed by atoms with E-state index in [4.69, 9.17) is 9.84 Å². The molecule has 0 aliphatic carbocycles. The van der Waals surface area contributed by atoms with Crippen molar-refractivity contribution in [2.24, 2.45) is 0 Å². The van der Waals surface area contributed by atoms with E-state index >= 15 is 0 Å². The number of carboxylic acid groups (broad SMARTS) is 1. The van der Waals surface area contributed by atoms with Gasteiger partial charge >= 0.3 is 5.97 Å². The zero-order chi connectivity index (χ0) is 14.5. The number of carboxylic acids is 1. The zero-order valence-electron chi connectivity index (χ0n) is 10.8. The van der Waals surface area contributed by atoms with Crippen LogP contribution in [0.4, 0.5) is 0 Å². The Morgan fingerprint density at radius 1 is 1.35 bits per heavy atom. The lowest BCUT2D eigenvalue weighted by Gasteiger charge is -2.09. The third kappa shape index (κ3) is 3.19. The van der Waals surface area contributed by atoms with Gasteiger partial charge in [0, 0.05) is 0 Å². The van der Waals surface area contributed by atoms with Crippen molar-refractivity contribution in [1.82, 2.24) is 15.0 Å². The van der Waals surface area contributed by atoms with Crippen LogP contribution in [0.3, 0.4) is 0 Å². The van der Waals surface area contributed by atoms with Crippen molar-refractivity contribution in [3.05, 3.63) is 41.7 Å². The van der Waals surface area contributed by atoms with Gasteiger partial charge < -0.3 is 9.84 Å². The normalized spacial score (nSPS) is 10.2. The van der Waals surface area contributed by atoms with Crippen LogP contribution in [0.2, 0.25) is 0 Å². The molecule has 20 heavy (non-hydrogen) atoms. The van der Waals surface area contributed by atoms with Gasteiger partial charge in [-0.1, -0.05) is 17.3 Å². The third-order valence-corrected chi connectivity index (χ3v) is 2.60. The molecule has 1 N–H and O–H groups in total. The Morgan fingerprint density at radius 2 is 2.10 bits per heavy atom. The summed E-state index contributed by atoms with van der Waals surface area (Å²) in [6.07, 6.45) is 1.32. The molecule has 2 rings (SSSR count). The minimum atomic E-state index is -1.13. The number of aromatic nitrogens is 3. The SMILES string of the molecule is CC(=O)c1ccccc1OCCn1cc(C(=O)O)nn1. The van der Waals surface area contributed by atoms with Gasteiger partial charge in [0.05, 0.1) is 18.3 Å². The summed E-state index contributed by atoms with van der Waals surface area (Å²) in [5.74, 6) is -0.702. The molecule has 0 unspecified atom stereocenters. The number of nitrogens with zero attached hydrogens (tertiary/aromatic N) is 3. The molecule has 0 aliphatic heterocycles. The lowest BCUT2D eigenvalue weighted by molar-refractivity contribution is 0.0690. The molecule has 1 heterocycles. The number of rotatable bonds is 6. The molecule has 7 heteroatoms. The largest absolute Gasteiger partial charge is 0.491 e. The van der Waals surface area contributed by atoms with E-state index in [1.165, 1.54) is 17.8 Å². The number of ether oxygens (including phenoxy) is 1. The lowest BCUT2D eigenvalue weighted by Crippen LogP contribution is -2.10. The maximum absolute atomic E-state index is 11.4. The van der Waals surface area contributed by atoms with E-state index in [0.29, 0.717) is 17.9 Å². The van der Waals surface area contributed by atoms with Gasteiger partial charge in [0.1, 0.15) is 12.4 Å². The van der Waals surface area contributed by atoms with Crippen LogP contribution in [0.25, 0.3) is 0 Å². The Morgan fingerprint density at radius 3 is 2.75 bits per heavy atom. The molecule has 1 aromatic carbocycles. The summed E-state index contributed by atoms with van der Waals surface area (Å²) in [6, 6.07) is 6.94. The maximum atomic E-state index is 11.4. The summed E-state index contributed by atoms with van der Waals surface area (Å²) in [5.41, 5.74) is 0.395. The average Bonchev–Trinajstić information content (AvgIpc) is 2.88. The second-order valence-corrected chi connectivity index (χ2v) is 4.07. The van der Waals surface area contributed by atoms with E-state index in [-0.39, 0.29) is 18.1 Å². The van der Waals surface area contributed by atoms with Crippen LogP contribution in [0.1, 0.15) is 27.8 Å². The Hall–Kier alpha value is -2.70. The van der Waals surface area contributed by atoms with E-state index in [1.807, 2.05) is 0 Å². The molecule has 0 saturated heterocycles. The van der Waals surface area contributed by atoms with Crippen molar-refractivity contribution in [2.45, 2.75) is 13.5 Å². The molecule has 0 atom stereocenters. The number of hydrogen-bond donors (Lipinski definition) is 1. The van der Waals surface area contributed by atoms with E-state index in [9.17, 15) is 9.59 Å². The second-order valence-electron chi connectivity index (χ2n) is 4.07. The molecule has 0 amide bonds. The van der Waals surface area contributed by atoms with Crippen LogP contribution in [-0.2, 0) is 6.54 Å². The molecular weight excluding hydrogens is 262 g/mol. The van der Waals surface area contributed by atoms with E-state index in [2.05, 4.69) is 10.3 Å². The van der Waals surface area contributed by atoms with E-state index in [0.717, 1.165) is 0 Å². The van der Waals surface area contributed by atoms with Gasteiger partial charge in [-0.2, -0.15) is 0 Å². The monoisotopic (exact) mass is 275 g/mol. The van der Waals surface area contributed by atoms with E-state index in [1.54, 1.807) is 24.3 Å². The summed E-state index contributed by atoms with van der Waals surface area (Å²) in [5, 5.41) is 15.9. The van der Waals surface area contributed by atoms with Gasteiger partial charge in [-0.15, -0.1) is 5.10 Å². The first kappa shape index (κ1) is 13.7. The minimum Gasteiger partial charge on any atom is -0.491 e. The van der Waals surface area contributed by atoms with Crippen molar-refractivity contribution in [1.29, 1.82) is 0 Å². The van der Waals surface area contributed by atoms with Gasteiger partial charge in [-0.3, -0.25) is 4.79 Å². The number of benzene rings is 1. The summed E-state index contributed by atoms with van der Waals surface area (Å²) in [6.45, 7) is 2.07. The molecule has 0 saturated carbocycles. The Kier molecular flexibility index (Phi) is 4.09. The topological polar surface area (TPSA) is 94.3 Å². The highest BCUT2D eigenvalue weighted by Gasteiger charge is 2.09. The first-order chi connectivity index (χ1) is 9.58. The molecular formula is C13H13N3O4. The fraction of sp³-hybridized carbons (Fsp3) is 0.231. The molecule has 0 aliphatic rings. The maximum Gasteiger partial charge on any atom is 0.358 e. The molecule has 0 fully saturated rings. The summed E-state index contributed by atoms with van der Waals surface area (Å²) in [4.78, 5) is 22.0. The van der Waals surface area contributed by atoms with Gasteiger partial charge in [0.25, 0.3) is 0 Å². The zero-order valence-corrected chi connectivity index (χ0v) is 10.8. The van der Waals surface area contributed by atoms with Crippen LogP contribution in [0.5, 0.6) is 5.75 Å². The fourth-order valence-electron chi connectivity index (χ4n) is 1.64. The number of carbonyl (C=O) groups is 2. The quantitative estimate of drug-likeness (QED) is 0.797. The minimum absolute atomic E-state index is 0.0745. The van der Waals surface area contributed by atoms with Crippen LogP contribution >= 0.6 is 0 Å². The number of para-hydroxylation sites is 1. The predicted octanol–water partition coefficient (Wildman–Crippen LogP) is 1.26. The number of carbonyl (C=O) groups excluding carboxylic acids is 1. The van der Waals surface area contributed by atoms with Crippen molar-refractivity contribution in [2.75, 3.05) is 6.61 Å². The highest BCUT2D eigenvalue weighted by Crippen LogP contribution is 2.18. The Labute approximate surface area is 114 Å². The van der Waals surface area contributed by atoms with Crippen molar-refractivity contribution in [3.63, 3.8) is 0 Å². The highest BCUT2D eigenvalue weighted by atomic mass is 16.5. The average molecular weight is 275 g/mol. The van der Waals surface area contributed by atoms with Gasteiger partial charge in [-0.25, -0.2) is 9.48 Å². The first-order valence-electron chi connectivity index (χ1n) is 5.94. The van der Waals surface area contributed by atoms with Crippen molar-refractivity contribution in [3.8, 4) is 5.75 Å².